The maximum absolute atomic E-state index is 7.00. The molecule has 0 unspecified atom stereocenters. The summed E-state index contributed by atoms with van der Waals surface area (Å²) >= 11 is 12.1. The van der Waals surface area contributed by atoms with Crippen LogP contribution in [-0.4, -0.2) is 30.2 Å². The molecule has 6 rings (SSSR count). The average Bonchev–Trinajstić information content (AvgIpc) is 2.99. The molecule has 0 aliphatic carbocycles. The second kappa shape index (κ2) is 11.2. The smallest absolute Gasteiger partial charge is 0.233 e. The van der Waals surface area contributed by atoms with Gasteiger partial charge in [0.15, 0.2) is 10.4 Å². The second-order valence-corrected chi connectivity index (χ2v) is 9.80. The van der Waals surface area contributed by atoms with Crippen molar-refractivity contribution in [2.45, 2.75) is 6.42 Å². The van der Waals surface area contributed by atoms with E-state index in [1.54, 1.807) is 6.20 Å². The molecule has 3 aromatic carbocycles. The summed E-state index contributed by atoms with van der Waals surface area (Å²) in [4.78, 5) is 14.4. The van der Waals surface area contributed by atoms with Crippen LogP contribution >= 0.6 is 24.4 Å². The Morgan fingerprint density at radius 1 is 0.675 bits per heavy atom. The van der Waals surface area contributed by atoms with E-state index in [0.717, 1.165) is 22.8 Å². The third kappa shape index (κ3) is 4.76. The lowest BCUT2D eigenvalue weighted by Crippen LogP contribution is -2.28. The van der Waals surface area contributed by atoms with Crippen molar-refractivity contribution in [1.82, 2.24) is 23.7 Å². The summed E-state index contributed by atoms with van der Waals surface area (Å²) in [5, 5.41) is 0.615. The van der Waals surface area contributed by atoms with Crippen LogP contribution in [0.15, 0.2) is 120 Å². The molecule has 0 atom stereocenters. The van der Waals surface area contributed by atoms with Gasteiger partial charge in [-0.25, -0.2) is 0 Å². The Kier molecular flexibility index (Phi) is 7.13. The topological polar surface area (TPSA) is 78.9 Å². The van der Waals surface area contributed by atoms with Crippen molar-refractivity contribution in [3.05, 3.63) is 136 Å². The first-order chi connectivity index (χ1) is 19.6. The highest BCUT2D eigenvalue weighted by atomic mass is 32.1. The minimum Gasteiger partial charge on any atom is -0.384 e. The summed E-state index contributed by atoms with van der Waals surface area (Å²) in [6.07, 6.45) is 2.45. The Morgan fingerprint density at radius 2 is 1.23 bits per heavy atom. The minimum atomic E-state index is 0.433. The summed E-state index contributed by atoms with van der Waals surface area (Å²) in [5.74, 6) is 0.433. The van der Waals surface area contributed by atoms with Gasteiger partial charge >= 0.3 is 0 Å². The third-order valence-corrected chi connectivity index (χ3v) is 7.28. The van der Waals surface area contributed by atoms with Crippen LogP contribution in [-0.2, 0) is 6.42 Å². The monoisotopic (exact) mass is 559 g/mol. The van der Waals surface area contributed by atoms with Crippen molar-refractivity contribution in [3.63, 3.8) is 0 Å². The number of aromatic nitrogens is 5. The van der Waals surface area contributed by atoms with Gasteiger partial charge in [0.2, 0.25) is 5.62 Å². The van der Waals surface area contributed by atoms with Gasteiger partial charge in [-0.05, 0) is 60.7 Å². The fourth-order valence-electron chi connectivity index (χ4n) is 4.66. The first-order valence-corrected chi connectivity index (χ1v) is 13.6. The second-order valence-electron chi connectivity index (χ2n) is 9.05. The highest BCUT2D eigenvalue weighted by Gasteiger charge is 2.19. The molecule has 0 fully saturated rings. The standard InChI is InChI=1S/C31H25N7S2/c32-27-26-28(35-30(36(27)23-13-4-1-5-14-23)34-21-19-22-12-10-11-20-33-22)37(24-15-6-2-7-16-24)31(40)38(29(26)39)25-17-8-3-9-18-25/h1-18,20H,19,21,32H2. The highest BCUT2D eigenvalue weighted by molar-refractivity contribution is 7.72. The Bertz CT molecular complexity index is 1980. The normalized spacial score (nSPS) is 11.7. The molecular weight excluding hydrogens is 535 g/mol. The molecule has 0 spiro atoms. The molecule has 40 heavy (non-hydrogen) atoms. The predicted molar refractivity (Wildman–Crippen MR) is 164 cm³/mol. The number of hydrogen-bond donors (Lipinski definition) is 1. The Hall–Kier alpha value is -4.73. The van der Waals surface area contributed by atoms with E-state index in [4.69, 9.17) is 40.1 Å². The first kappa shape index (κ1) is 25.5. The van der Waals surface area contributed by atoms with Crippen molar-refractivity contribution in [1.29, 1.82) is 0 Å². The van der Waals surface area contributed by atoms with Gasteiger partial charge < -0.3 is 5.73 Å². The van der Waals surface area contributed by atoms with Crippen LogP contribution in [0.25, 0.3) is 28.1 Å². The van der Waals surface area contributed by atoms with Crippen molar-refractivity contribution >= 4 is 41.3 Å². The lowest BCUT2D eigenvalue weighted by Gasteiger charge is -2.20. The van der Waals surface area contributed by atoms with E-state index in [9.17, 15) is 0 Å². The van der Waals surface area contributed by atoms with E-state index in [2.05, 4.69) is 4.98 Å². The van der Waals surface area contributed by atoms with Crippen LogP contribution in [0.2, 0.25) is 0 Å². The van der Waals surface area contributed by atoms with Crippen molar-refractivity contribution in [2.24, 2.45) is 4.99 Å². The maximum atomic E-state index is 7.00. The van der Waals surface area contributed by atoms with Gasteiger partial charge in [-0.2, -0.15) is 4.98 Å². The van der Waals surface area contributed by atoms with Gasteiger partial charge in [-0.3, -0.25) is 23.7 Å². The molecule has 0 amide bonds. The van der Waals surface area contributed by atoms with Gasteiger partial charge in [0.05, 0.1) is 11.1 Å². The van der Waals surface area contributed by atoms with Crippen LogP contribution in [0.4, 0.5) is 5.82 Å². The van der Waals surface area contributed by atoms with E-state index in [1.807, 2.05) is 123 Å². The summed E-state index contributed by atoms with van der Waals surface area (Å²) < 4.78 is 6.60. The Labute approximate surface area is 241 Å². The van der Waals surface area contributed by atoms with Crippen molar-refractivity contribution in [2.75, 3.05) is 12.3 Å². The van der Waals surface area contributed by atoms with Crippen molar-refractivity contribution < 1.29 is 0 Å². The summed E-state index contributed by atoms with van der Waals surface area (Å²) in [5.41, 5.74) is 11.5. The molecule has 0 bridgehead atoms. The number of fused-ring (bicyclic) bond motifs is 1. The van der Waals surface area contributed by atoms with Gasteiger partial charge in [-0.1, -0.05) is 72.9 Å². The fourth-order valence-corrected chi connectivity index (χ4v) is 5.49. The van der Waals surface area contributed by atoms with Crippen LogP contribution in [0, 0.1) is 9.41 Å². The molecular formula is C31H25N7S2. The van der Waals surface area contributed by atoms with Gasteiger partial charge in [0.1, 0.15) is 10.5 Å². The molecule has 9 heteroatoms. The predicted octanol–water partition coefficient (Wildman–Crippen LogP) is 6.19. The highest BCUT2D eigenvalue weighted by Crippen LogP contribution is 2.27. The van der Waals surface area contributed by atoms with E-state index < -0.39 is 0 Å². The summed E-state index contributed by atoms with van der Waals surface area (Å²) in [6, 6.07) is 35.4. The zero-order valence-corrected chi connectivity index (χ0v) is 23.1. The van der Waals surface area contributed by atoms with Crippen LogP contribution in [0.3, 0.4) is 0 Å². The quantitative estimate of drug-likeness (QED) is 0.246. The van der Waals surface area contributed by atoms with Crippen LogP contribution in [0.5, 0.6) is 0 Å². The molecule has 6 aromatic rings. The number of anilines is 1. The number of benzene rings is 3. The van der Waals surface area contributed by atoms with Crippen LogP contribution in [0.1, 0.15) is 5.69 Å². The van der Waals surface area contributed by atoms with E-state index >= 15 is 0 Å². The van der Waals surface area contributed by atoms with Gasteiger partial charge in [0.25, 0.3) is 0 Å². The van der Waals surface area contributed by atoms with Crippen LogP contribution < -0.4 is 11.4 Å². The van der Waals surface area contributed by atoms with Gasteiger partial charge in [0, 0.05) is 36.2 Å². The number of pyridine rings is 1. The van der Waals surface area contributed by atoms with E-state index in [1.165, 1.54) is 0 Å². The Morgan fingerprint density at radius 3 is 1.80 bits per heavy atom. The molecule has 196 valence electrons. The number of nitrogens with two attached hydrogens (primary N) is 1. The molecule has 0 radical (unpaired) electrons. The third-order valence-electron chi connectivity index (χ3n) is 6.53. The van der Waals surface area contributed by atoms with E-state index in [0.29, 0.717) is 44.8 Å². The number of rotatable bonds is 6. The average molecular weight is 560 g/mol. The molecule has 3 aromatic heterocycles. The fraction of sp³-hybridized carbons (Fsp3) is 0.0645. The molecule has 0 aliphatic heterocycles. The molecule has 0 saturated heterocycles. The molecule has 7 nitrogen and oxygen atoms in total. The lowest BCUT2D eigenvalue weighted by molar-refractivity contribution is 0.801. The molecule has 2 N–H and O–H groups in total. The SMILES string of the molecule is Nc1c2c(=S)n(-c3ccccc3)c(=S)n(-c3ccccc3)c2nc(=NCCc2ccccn2)n1-c1ccccc1. The number of hydrogen-bond acceptors (Lipinski definition) is 6. The molecule has 0 aliphatic rings. The molecule has 3 heterocycles. The first-order valence-electron chi connectivity index (χ1n) is 12.8. The summed E-state index contributed by atoms with van der Waals surface area (Å²) in [6.45, 7) is 0.478. The zero-order chi connectivity index (χ0) is 27.5. The Balaban J connectivity index is 1.71. The van der Waals surface area contributed by atoms with Gasteiger partial charge in [-0.15, -0.1) is 0 Å². The van der Waals surface area contributed by atoms with Crippen molar-refractivity contribution in [3.8, 4) is 17.1 Å². The minimum absolute atomic E-state index is 0.433. The lowest BCUT2D eigenvalue weighted by atomic mass is 10.2. The summed E-state index contributed by atoms with van der Waals surface area (Å²) in [7, 11) is 0. The maximum Gasteiger partial charge on any atom is 0.233 e. The zero-order valence-electron chi connectivity index (χ0n) is 21.5. The largest absolute Gasteiger partial charge is 0.384 e. The molecule has 0 saturated carbocycles. The number of para-hydroxylation sites is 3. The number of nitrogen functional groups attached to an aromatic ring is 1. The number of nitrogens with zero attached hydrogens (tertiary/aromatic N) is 6. The van der Waals surface area contributed by atoms with E-state index in [-0.39, 0.29) is 0 Å².